The van der Waals surface area contributed by atoms with Gasteiger partial charge in [0.15, 0.2) is 0 Å². The van der Waals surface area contributed by atoms with Gasteiger partial charge in [-0.2, -0.15) is 0 Å². The third-order valence-electron chi connectivity index (χ3n) is 3.18. The van der Waals surface area contributed by atoms with Gasteiger partial charge in [-0.15, -0.1) is 0 Å². The van der Waals surface area contributed by atoms with Crippen LogP contribution in [-0.4, -0.2) is 9.97 Å². The maximum Gasteiger partial charge on any atom is 0.106 e. The average molecular weight is 280 g/mol. The van der Waals surface area contributed by atoms with Crippen molar-refractivity contribution in [2.75, 3.05) is 0 Å². The predicted molar refractivity (Wildman–Crippen MR) is 90.7 cm³/mol. The fraction of sp³-hybridized carbons (Fsp3) is 0.316. The zero-order valence-corrected chi connectivity index (χ0v) is 13.2. The quantitative estimate of drug-likeness (QED) is 0.707. The number of aryl methyl sites for hydroxylation is 1. The molecule has 1 aromatic heterocycles. The molecule has 0 aliphatic heterocycles. The van der Waals surface area contributed by atoms with E-state index in [4.69, 9.17) is 0 Å². The van der Waals surface area contributed by atoms with Crippen molar-refractivity contribution in [1.82, 2.24) is 9.97 Å². The Labute approximate surface area is 127 Å². The highest BCUT2D eigenvalue weighted by atomic mass is 14.9. The van der Waals surface area contributed by atoms with E-state index in [9.17, 15) is 0 Å². The highest BCUT2D eigenvalue weighted by Gasteiger charge is 2.02. The molecule has 0 unspecified atom stereocenters. The van der Waals surface area contributed by atoms with Gasteiger partial charge >= 0.3 is 0 Å². The molecule has 2 nitrogen and oxygen atoms in total. The molecule has 3 aromatic rings. The van der Waals surface area contributed by atoms with E-state index in [1.807, 2.05) is 0 Å². The highest BCUT2D eigenvalue weighted by molar-refractivity contribution is 5.76. The van der Waals surface area contributed by atoms with Gasteiger partial charge in [-0.1, -0.05) is 63.6 Å². The minimum absolute atomic E-state index is 0.947. The minimum Gasteiger partial charge on any atom is -0.342 e. The van der Waals surface area contributed by atoms with Gasteiger partial charge in [-0.3, -0.25) is 0 Å². The Bertz CT molecular complexity index is 668. The van der Waals surface area contributed by atoms with Crippen LogP contribution < -0.4 is 0 Å². The summed E-state index contributed by atoms with van der Waals surface area (Å²) in [5.74, 6) is 1.06. The van der Waals surface area contributed by atoms with Crippen LogP contribution in [0.5, 0.6) is 0 Å². The number of rotatable bonds is 3. The Morgan fingerprint density at radius 3 is 2.29 bits per heavy atom. The molecule has 0 saturated heterocycles. The minimum atomic E-state index is 0.947. The Kier molecular flexibility index (Phi) is 5.56. The molecule has 21 heavy (non-hydrogen) atoms. The van der Waals surface area contributed by atoms with Crippen LogP contribution in [0.3, 0.4) is 0 Å². The maximum atomic E-state index is 4.52. The molecule has 0 amide bonds. The molecule has 0 bridgehead atoms. The SMILES string of the molecule is CCC.CCc1nc2ccc(Cc3ccccc3)cc2[nH]1. The number of aromatic nitrogens is 2. The summed E-state index contributed by atoms with van der Waals surface area (Å²) < 4.78 is 0. The Balaban J connectivity index is 0.000000497. The number of hydrogen-bond donors (Lipinski definition) is 1. The highest BCUT2D eigenvalue weighted by Crippen LogP contribution is 2.16. The first-order chi connectivity index (χ1) is 10.3. The third-order valence-corrected chi connectivity index (χ3v) is 3.18. The smallest absolute Gasteiger partial charge is 0.106 e. The first kappa shape index (κ1) is 15.3. The second-order valence-corrected chi connectivity index (χ2v) is 5.26. The van der Waals surface area contributed by atoms with Crippen LogP contribution in [0.2, 0.25) is 0 Å². The molecule has 0 atom stereocenters. The van der Waals surface area contributed by atoms with Crippen LogP contribution in [0.25, 0.3) is 11.0 Å². The molecule has 0 fully saturated rings. The van der Waals surface area contributed by atoms with Crippen LogP contribution in [0.15, 0.2) is 48.5 Å². The zero-order chi connectivity index (χ0) is 15.1. The zero-order valence-electron chi connectivity index (χ0n) is 13.2. The second kappa shape index (κ2) is 7.63. The summed E-state index contributed by atoms with van der Waals surface area (Å²) in [5.41, 5.74) is 4.86. The van der Waals surface area contributed by atoms with Gasteiger partial charge in [-0.25, -0.2) is 4.98 Å². The molecule has 0 aliphatic carbocycles. The first-order valence-electron chi connectivity index (χ1n) is 7.78. The lowest BCUT2D eigenvalue weighted by Gasteiger charge is -2.01. The lowest BCUT2D eigenvalue weighted by molar-refractivity contribution is 1.00. The van der Waals surface area contributed by atoms with Crippen molar-refractivity contribution in [3.63, 3.8) is 0 Å². The van der Waals surface area contributed by atoms with E-state index in [1.54, 1.807) is 0 Å². The number of nitrogens with one attached hydrogen (secondary N) is 1. The topological polar surface area (TPSA) is 28.7 Å². The normalized spacial score (nSPS) is 10.2. The monoisotopic (exact) mass is 280 g/mol. The van der Waals surface area contributed by atoms with Gasteiger partial charge in [-0.05, 0) is 29.7 Å². The predicted octanol–water partition coefficient (Wildman–Crippen LogP) is 5.13. The van der Waals surface area contributed by atoms with Gasteiger partial charge in [0.05, 0.1) is 11.0 Å². The van der Waals surface area contributed by atoms with Crippen molar-refractivity contribution < 1.29 is 0 Å². The molecular formula is C19H24N2. The van der Waals surface area contributed by atoms with Crippen molar-refractivity contribution in [1.29, 1.82) is 0 Å². The van der Waals surface area contributed by atoms with E-state index in [1.165, 1.54) is 17.5 Å². The molecule has 0 aliphatic rings. The van der Waals surface area contributed by atoms with E-state index < -0.39 is 0 Å². The van der Waals surface area contributed by atoms with Crippen LogP contribution in [0.4, 0.5) is 0 Å². The fourth-order valence-corrected chi connectivity index (χ4v) is 2.22. The van der Waals surface area contributed by atoms with Gasteiger partial charge < -0.3 is 4.98 Å². The lowest BCUT2D eigenvalue weighted by atomic mass is 10.0. The van der Waals surface area contributed by atoms with Crippen molar-refractivity contribution in [2.45, 2.75) is 40.0 Å². The summed E-state index contributed by atoms with van der Waals surface area (Å²) >= 11 is 0. The third kappa shape index (κ3) is 4.19. The summed E-state index contributed by atoms with van der Waals surface area (Å²) in [6, 6.07) is 17.0. The summed E-state index contributed by atoms with van der Waals surface area (Å²) in [5, 5.41) is 0. The van der Waals surface area contributed by atoms with Crippen LogP contribution in [0, 0.1) is 0 Å². The number of hydrogen-bond acceptors (Lipinski definition) is 1. The largest absolute Gasteiger partial charge is 0.342 e. The number of H-pyrrole nitrogens is 1. The first-order valence-corrected chi connectivity index (χ1v) is 7.78. The summed E-state index contributed by atoms with van der Waals surface area (Å²) in [6.07, 6.45) is 3.17. The van der Waals surface area contributed by atoms with E-state index in [2.05, 4.69) is 79.3 Å². The molecule has 0 saturated carbocycles. The number of nitrogens with zero attached hydrogens (tertiary/aromatic N) is 1. The number of aromatic amines is 1. The molecule has 2 aromatic carbocycles. The number of benzene rings is 2. The lowest BCUT2D eigenvalue weighted by Crippen LogP contribution is -1.87. The maximum absolute atomic E-state index is 4.52. The van der Waals surface area contributed by atoms with Gasteiger partial charge in [0.2, 0.25) is 0 Å². The molecule has 1 heterocycles. The molecule has 0 radical (unpaired) electrons. The van der Waals surface area contributed by atoms with Crippen molar-refractivity contribution in [3.8, 4) is 0 Å². The fourth-order valence-electron chi connectivity index (χ4n) is 2.22. The van der Waals surface area contributed by atoms with Crippen molar-refractivity contribution in [2.24, 2.45) is 0 Å². The van der Waals surface area contributed by atoms with Gasteiger partial charge in [0.25, 0.3) is 0 Å². The molecule has 1 N–H and O–H groups in total. The summed E-state index contributed by atoms with van der Waals surface area (Å²) in [7, 11) is 0. The molecular weight excluding hydrogens is 256 g/mol. The second-order valence-electron chi connectivity index (χ2n) is 5.26. The molecule has 3 rings (SSSR count). The van der Waals surface area contributed by atoms with Gasteiger partial charge in [0.1, 0.15) is 5.82 Å². The van der Waals surface area contributed by atoms with E-state index in [0.29, 0.717) is 0 Å². The van der Waals surface area contributed by atoms with E-state index in [0.717, 1.165) is 29.7 Å². The van der Waals surface area contributed by atoms with Crippen LogP contribution in [0.1, 0.15) is 44.1 Å². The molecule has 110 valence electrons. The number of fused-ring (bicyclic) bond motifs is 1. The van der Waals surface area contributed by atoms with E-state index >= 15 is 0 Å². The van der Waals surface area contributed by atoms with Gasteiger partial charge in [0, 0.05) is 6.42 Å². The average Bonchev–Trinajstić information content (AvgIpc) is 2.91. The molecule has 2 heteroatoms. The summed E-state index contributed by atoms with van der Waals surface area (Å²) in [6.45, 7) is 6.36. The Morgan fingerprint density at radius 2 is 1.62 bits per heavy atom. The number of imidazole rings is 1. The molecule has 0 spiro atoms. The van der Waals surface area contributed by atoms with Crippen LogP contribution in [-0.2, 0) is 12.8 Å². The van der Waals surface area contributed by atoms with Crippen molar-refractivity contribution in [3.05, 3.63) is 65.5 Å². The van der Waals surface area contributed by atoms with E-state index in [-0.39, 0.29) is 0 Å². The Hall–Kier alpha value is -2.09. The standard InChI is InChI=1S/C16H16N2.C3H8/c1-2-16-17-14-9-8-13(11-15(14)18-16)10-12-6-4-3-5-7-12;1-3-2/h3-9,11H,2,10H2,1H3,(H,17,18);3H2,1-2H3. The Morgan fingerprint density at radius 1 is 0.905 bits per heavy atom. The van der Waals surface area contributed by atoms with Crippen LogP contribution >= 0.6 is 0 Å². The van der Waals surface area contributed by atoms with Crippen molar-refractivity contribution >= 4 is 11.0 Å². The summed E-state index contributed by atoms with van der Waals surface area (Å²) in [4.78, 5) is 7.88.